The van der Waals surface area contributed by atoms with Gasteiger partial charge < -0.3 is 14.6 Å². The Hall–Kier alpha value is -1.78. The summed E-state index contributed by atoms with van der Waals surface area (Å²) in [7, 11) is 0. The van der Waals surface area contributed by atoms with Gasteiger partial charge in [0, 0.05) is 6.07 Å². The van der Waals surface area contributed by atoms with Crippen molar-refractivity contribution in [2.45, 2.75) is 13.8 Å². The number of halogens is 1. The van der Waals surface area contributed by atoms with Crippen molar-refractivity contribution >= 4 is 5.97 Å². The molecule has 1 aromatic carbocycles. The second-order valence-corrected chi connectivity index (χ2v) is 2.95. The maximum atomic E-state index is 13.6. The van der Waals surface area contributed by atoms with Crippen LogP contribution in [0, 0.1) is 5.82 Å². The van der Waals surface area contributed by atoms with Gasteiger partial charge in [0.2, 0.25) is 0 Å². The summed E-state index contributed by atoms with van der Waals surface area (Å²) in [6, 6.07) is 2.48. The van der Waals surface area contributed by atoms with Gasteiger partial charge in [0.25, 0.3) is 0 Å². The molecule has 0 bridgehead atoms. The number of carboxylic acid groups (broad SMARTS) is 1. The molecule has 0 aliphatic carbocycles. The first kappa shape index (κ1) is 12.3. The molecular formula is C11H13FO4. The third-order valence-electron chi connectivity index (χ3n) is 1.85. The molecule has 0 saturated carbocycles. The predicted octanol–water partition coefficient (Wildman–Crippen LogP) is 2.32. The van der Waals surface area contributed by atoms with Gasteiger partial charge in [-0.2, -0.15) is 0 Å². The molecule has 0 amide bonds. The molecule has 0 heterocycles. The van der Waals surface area contributed by atoms with Crippen LogP contribution in [0.25, 0.3) is 0 Å². The van der Waals surface area contributed by atoms with Gasteiger partial charge in [-0.25, -0.2) is 9.18 Å². The first-order valence-electron chi connectivity index (χ1n) is 4.92. The van der Waals surface area contributed by atoms with E-state index >= 15 is 0 Å². The van der Waals surface area contributed by atoms with Gasteiger partial charge in [0.05, 0.1) is 13.2 Å². The van der Waals surface area contributed by atoms with Crippen LogP contribution >= 0.6 is 0 Å². The van der Waals surface area contributed by atoms with Crippen LogP contribution in [0.3, 0.4) is 0 Å². The van der Waals surface area contributed by atoms with Crippen LogP contribution < -0.4 is 9.47 Å². The quantitative estimate of drug-likeness (QED) is 0.840. The number of benzene rings is 1. The lowest BCUT2D eigenvalue weighted by Gasteiger charge is -2.10. The Bertz CT molecular complexity index is 390. The van der Waals surface area contributed by atoms with Crippen LogP contribution in [0.5, 0.6) is 11.5 Å². The second kappa shape index (κ2) is 5.34. The average Bonchev–Trinajstić information content (AvgIpc) is 2.23. The fourth-order valence-electron chi connectivity index (χ4n) is 1.24. The summed E-state index contributed by atoms with van der Waals surface area (Å²) >= 11 is 0. The van der Waals surface area contributed by atoms with E-state index < -0.39 is 17.3 Å². The molecule has 1 N–H and O–H groups in total. The van der Waals surface area contributed by atoms with Crippen LogP contribution in [-0.4, -0.2) is 24.3 Å². The maximum Gasteiger partial charge on any atom is 0.338 e. The highest BCUT2D eigenvalue weighted by atomic mass is 19.1. The fraction of sp³-hybridized carbons (Fsp3) is 0.364. The van der Waals surface area contributed by atoms with Crippen LogP contribution in [0.4, 0.5) is 4.39 Å². The number of carbonyl (C=O) groups is 1. The van der Waals surface area contributed by atoms with E-state index in [4.69, 9.17) is 14.6 Å². The normalized spacial score (nSPS) is 9.94. The number of hydrogen-bond acceptors (Lipinski definition) is 3. The van der Waals surface area contributed by atoms with Crippen LogP contribution in [-0.2, 0) is 0 Å². The molecule has 5 heteroatoms. The van der Waals surface area contributed by atoms with Crippen molar-refractivity contribution in [3.8, 4) is 11.5 Å². The first-order chi connectivity index (χ1) is 7.60. The van der Waals surface area contributed by atoms with Crippen LogP contribution in [0.1, 0.15) is 24.2 Å². The van der Waals surface area contributed by atoms with Crippen LogP contribution in [0.15, 0.2) is 12.1 Å². The van der Waals surface area contributed by atoms with Gasteiger partial charge >= 0.3 is 5.97 Å². The van der Waals surface area contributed by atoms with E-state index in [1.54, 1.807) is 13.8 Å². The van der Waals surface area contributed by atoms with E-state index in [-0.39, 0.29) is 18.1 Å². The third kappa shape index (κ3) is 2.62. The zero-order valence-electron chi connectivity index (χ0n) is 9.12. The summed E-state index contributed by atoms with van der Waals surface area (Å²) in [5.41, 5.74) is -0.450. The molecule has 4 nitrogen and oxygen atoms in total. The summed E-state index contributed by atoms with van der Waals surface area (Å²) in [5, 5.41) is 8.80. The Kier molecular flexibility index (Phi) is 4.10. The molecular weight excluding hydrogens is 215 g/mol. The smallest absolute Gasteiger partial charge is 0.338 e. The maximum absolute atomic E-state index is 13.6. The van der Waals surface area contributed by atoms with Crippen molar-refractivity contribution in [1.29, 1.82) is 0 Å². The van der Waals surface area contributed by atoms with Crippen molar-refractivity contribution in [2.24, 2.45) is 0 Å². The molecule has 0 atom stereocenters. The van der Waals surface area contributed by atoms with E-state index in [0.29, 0.717) is 6.61 Å². The molecule has 16 heavy (non-hydrogen) atoms. The second-order valence-electron chi connectivity index (χ2n) is 2.95. The summed E-state index contributed by atoms with van der Waals surface area (Å²) in [6.45, 7) is 4.07. The summed E-state index contributed by atoms with van der Waals surface area (Å²) in [6.07, 6.45) is 0. The molecule has 0 aliphatic heterocycles. The Morgan fingerprint density at radius 1 is 1.31 bits per heavy atom. The number of ether oxygens (including phenoxy) is 2. The lowest BCUT2D eigenvalue weighted by atomic mass is 10.2. The molecule has 0 spiro atoms. The number of aromatic carboxylic acids is 1. The zero-order chi connectivity index (χ0) is 12.1. The van der Waals surface area contributed by atoms with Crippen molar-refractivity contribution in [2.75, 3.05) is 13.2 Å². The number of hydrogen-bond donors (Lipinski definition) is 1. The lowest BCUT2D eigenvalue weighted by Crippen LogP contribution is -2.05. The van der Waals surface area contributed by atoms with E-state index in [1.165, 1.54) is 6.07 Å². The highest BCUT2D eigenvalue weighted by molar-refractivity contribution is 5.89. The lowest BCUT2D eigenvalue weighted by molar-refractivity contribution is 0.0690. The van der Waals surface area contributed by atoms with Crippen molar-refractivity contribution < 1.29 is 23.8 Å². The summed E-state index contributed by atoms with van der Waals surface area (Å²) in [5.74, 6) is -2.05. The third-order valence-corrected chi connectivity index (χ3v) is 1.85. The minimum atomic E-state index is -1.35. The van der Waals surface area contributed by atoms with E-state index in [1.807, 2.05) is 0 Å². The topological polar surface area (TPSA) is 55.8 Å². The van der Waals surface area contributed by atoms with Gasteiger partial charge in [-0.05, 0) is 19.9 Å². The first-order valence-corrected chi connectivity index (χ1v) is 4.92. The minimum absolute atomic E-state index is 0.106. The van der Waals surface area contributed by atoms with Gasteiger partial charge in [0.1, 0.15) is 11.3 Å². The highest BCUT2D eigenvalue weighted by Gasteiger charge is 2.17. The van der Waals surface area contributed by atoms with Gasteiger partial charge in [-0.1, -0.05) is 0 Å². The van der Waals surface area contributed by atoms with E-state index in [2.05, 4.69) is 0 Å². The fourth-order valence-corrected chi connectivity index (χ4v) is 1.24. The molecule has 0 unspecified atom stereocenters. The van der Waals surface area contributed by atoms with Gasteiger partial charge in [-0.15, -0.1) is 0 Å². The van der Waals surface area contributed by atoms with Crippen molar-refractivity contribution in [3.05, 3.63) is 23.5 Å². The largest absolute Gasteiger partial charge is 0.494 e. The standard InChI is InChI=1S/C11H13FO4/c1-3-15-7-5-8(11(13)14)10(12)9(6-7)16-4-2/h5-6H,3-4H2,1-2H3,(H,13,14). The van der Waals surface area contributed by atoms with E-state index in [9.17, 15) is 9.18 Å². The molecule has 0 aromatic heterocycles. The molecule has 88 valence electrons. The van der Waals surface area contributed by atoms with Crippen molar-refractivity contribution in [3.63, 3.8) is 0 Å². The molecule has 0 aliphatic rings. The Balaban J connectivity index is 3.21. The zero-order valence-corrected chi connectivity index (χ0v) is 9.12. The van der Waals surface area contributed by atoms with Crippen molar-refractivity contribution in [1.82, 2.24) is 0 Å². The van der Waals surface area contributed by atoms with Crippen LogP contribution in [0.2, 0.25) is 0 Å². The monoisotopic (exact) mass is 228 g/mol. The highest BCUT2D eigenvalue weighted by Crippen LogP contribution is 2.27. The molecule has 0 fully saturated rings. The molecule has 0 radical (unpaired) electrons. The van der Waals surface area contributed by atoms with E-state index in [0.717, 1.165) is 6.07 Å². The molecule has 0 saturated heterocycles. The predicted molar refractivity (Wildman–Crippen MR) is 55.7 cm³/mol. The Morgan fingerprint density at radius 3 is 2.44 bits per heavy atom. The minimum Gasteiger partial charge on any atom is -0.494 e. The number of carboxylic acids is 1. The molecule has 1 rings (SSSR count). The van der Waals surface area contributed by atoms with Gasteiger partial charge in [-0.3, -0.25) is 0 Å². The van der Waals surface area contributed by atoms with Gasteiger partial charge in [0.15, 0.2) is 11.6 Å². The SMILES string of the molecule is CCOc1cc(OCC)c(F)c(C(=O)O)c1. The average molecular weight is 228 g/mol. The summed E-state index contributed by atoms with van der Waals surface area (Å²) in [4.78, 5) is 10.8. The Morgan fingerprint density at radius 2 is 1.94 bits per heavy atom. The number of rotatable bonds is 5. The summed E-state index contributed by atoms with van der Waals surface area (Å²) < 4.78 is 23.7. The molecule has 1 aromatic rings. The Labute approximate surface area is 92.6 Å².